The number of carbonyl (C=O) groups excluding carboxylic acids is 3. The van der Waals surface area contributed by atoms with Crippen LogP contribution in [-0.2, 0) is 27.4 Å². The lowest BCUT2D eigenvalue weighted by atomic mass is 10.0. The largest absolute Gasteiger partial charge is 0.478 e. The molecule has 0 spiro atoms. The third-order valence-corrected chi connectivity index (χ3v) is 4.83. The Morgan fingerprint density at radius 3 is 2.09 bits per heavy atom. The van der Waals surface area contributed by atoms with Crippen molar-refractivity contribution in [3.63, 3.8) is 0 Å². The zero-order chi connectivity index (χ0) is 24.4. The fourth-order valence-electron chi connectivity index (χ4n) is 3.12. The molecule has 33 heavy (non-hydrogen) atoms. The number of carboxylic acid groups (broad SMARTS) is 1. The smallest absolute Gasteiger partial charge is 0.408 e. The van der Waals surface area contributed by atoms with E-state index in [9.17, 15) is 19.2 Å². The molecule has 3 amide bonds. The number of nitrogens with two attached hydrogens (primary N) is 1. The highest BCUT2D eigenvalue weighted by molar-refractivity contribution is 5.91. The van der Waals surface area contributed by atoms with Crippen LogP contribution in [0.5, 0.6) is 0 Å². The van der Waals surface area contributed by atoms with Gasteiger partial charge >= 0.3 is 12.1 Å². The third-order valence-electron chi connectivity index (χ3n) is 4.83. The van der Waals surface area contributed by atoms with Crippen molar-refractivity contribution in [2.24, 2.45) is 11.7 Å². The minimum absolute atomic E-state index is 0.0545. The summed E-state index contributed by atoms with van der Waals surface area (Å²) in [5.41, 5.74) is 7.00. The van der Waals surface area contributed by atoms with Crippen LogP contribution in [0.4, 0.5) is 4.79 Å². The van der Waals surface area contributed by atoms with Gasteiger partial charge in [-0.3, -0.25) is 9.59 Å². The molecule has 9 nitrogen and oxygen atoms in total. The predicted octanol–water partition coefficient (Wildman–Crippen LogP) is 2.24. The molecule has 0 aliphatic heterocycles. The second-order valence-corrected chi connectivity index (χ2v) is 8.06. The first-order chi connectivity index (χ1) is 15.7. The highest BCUT2D eigenvalue weighted by Crippen LogP contribution is 2.10. The molecule has 0 aliphatic rings. The van der Waals surface area contributed by atoms with Crippen LogP contribution in [0.2, 0.25) is 0 Å². The lowest BCUT2D eigenvalue weighted by Gasteiger charge is -2.23. The van der Waals surface area contributed by atoms with E-state index in [1.165, 1.54) is 12.1 Å². The number of primary amides is 1. The van der Waals surface area contributed by atoms with E-state index in [0.29, 0.717) is 12.0 Å². The summed E-state index contributed by atoms with van der Waals surface area (Å²) in [5, 5.41) is 14.1. The van der Waals surface area contributed by atoms with Crippen molar-refractivity contribution in [3.05, 3.63) is 71.3 Å². The summed E-state index contributed by atoms with van der Waals surface area (Å²) in [7, 11) is 0. The Bertz CT molecular complexity index is 960. The molecule has 176 valence electrons. The number of hydrogen-bond donors (Lipinski definition) is 4. The van der Waals surface area contributed by atoms with Crippen LogP contribution < -0.4 is 16.4 Å². The number of alkyl carbamates (subject to hydrolysis) is 1. The number of carboxylic acids is 1. The molecule has 0 fully saturated rings. The Morgan fingerprint density at radius 1 is 0.909 bits per heavy atom. The van der Waals surface area contributed by atoms with E-state index in [2.05, 4.69) is 10.6 Å². The molecular formula is C24H29N3O6. The van der Waals surface area contributed by atoms with Gasteiger partial charge in [-0.25, -0.2) is 9.59 Å². The van der Waals surface area contributed by atoms with Crippen LogP contribution in [0.3, 0.4) is 0 Å². The van der Waals surface area contributed by atoms with Crippen LogP contribution >= 0.6 is 0 Å². The zero-order valence-corrected chi connectivity index (χ0v) is 18.6. The van der Waals surface area contributed by atoms with Gasteiger partial charge in [-0.2, -0.15) is 0 Å². The molecule has 9 heteroatoms. The lowest BCUT2D eigenvalue weighted by Crippen LogP contribution is -2.54. The van der Waals surface area contributed by atoms with Gasteiger partial charge in [0.05, 0.1) is 5.56 Å². The maximum Gasteiger partial charge on any atom is 0.408 e. The van der Waals surface area contributed by atoms with Gasteiger partial charge in [0.15, 0.2) is 0 Å². The van der Waals surface area contributed by atoms with E-state index in [1.807, 2.05) is 44.2 Å². The van der Waals surface area contributed by atoms with E-state index >= 15 is 0 Å². The zero-order valence-electron chi connectivity index (χ0n) is 18.6. The summed E-state index contributed by atoms with van der Waals surface area (Å²) in [4.78, 5) is 48.1. The van der Waals surface area contributed by atoms with Crippen LogP contribution in [0.15, 0.2) is 54.6 Å². The molecule has 5 N–H and O–H groups in total. The lowest BCUT2D eigenvalue weighted by molar-refractivity contribution is -0.128. The van der Waals surface area contributed by atoms with Gasteiger partial charge < -0.3 is 26.2 Å². The maximum absolute atomic E-state index is 12.9. The molecule has 0 heterocycles. The standard InChI is InChI=1S/C24H29N3O6/c1-15(2)12-20(27-24(32)33-14-17-6-4-3-5-7-17)22(29)26-19(21(25)28)13-16-8-10-18(11-9-16)23(30)31/h3-11,15,19-20H,12-14H2,1-2H3,(H2,25,28)(H,26,29)(H,27,32)(H,30,31)/t19-,20+/m1/s1. The number of rotatable bonds is 11. The van der Waals surface area contributed by atoms with E-state index in [-0.39, 0.29) is 24.5 Å². The summed E-state index contributed by atoms with van der Waals surface area (Å²) < 4.78 is 5.20. The van der Waals surface area contributed by atoms with Crippen molar-refractivity contribution in [3.8, 4) is 0 Å². The average molecular weight is 456 g/mol. The minimum Gasteiger partial charge on any atom is -0.478 e. The molecule has 2 atom stereocenters. The SMILES string of the molecule is CC(C)C[C@H](NC(=O)OCc1ccccc1)C(=O)N[C@H](Cc1ccc(C(=O)O)cc1)C(N)=O. The second-order valence-electron chi connectivity index (χ2n) is 8.06. The van der Waals surface area contributed by atoms with Crippen molar-refractivity contribution in [1.82, 2.24) is 10.6 Å². The molecule has 2 aromatic carbocycles. The monoisotopic (exact) mass is 455 g/mol. The van der Waals surface area contributed by atoms with Gasteiger partial charge in [0.25, 0.3) is 0 Å². The number of ether oxygens (including phenoxy) is 1. The molecular weight excluding hydrogens is 426 g/mol. The van der Waals surface area contributed by atoms with Gasteiger partial charge in [0.1, 0.15) is 18.7 Å². The van der Waals surface area contributed by atoms with Crippen LogP contribution in [-0.4, -0.2) is 41.1 Å². The third kappa shape index (κ3) is 8.64. The Hall–Kier alpha value is -3.88. The van der Waals surface area contributed by atoms with E-state index in [1.54, 1.807) is 12.1 Å². The Balaban J connectivity index is 2.01. The quantitative estimate of drug-likeness (QED) is 0.408. The molecule has 0 saturated heterocycles. The van der Waals surface area contributed by atoms with Gasteiger partial charge in [-0.15, -0.1) is 0 Å². The maximum atomic E-state index is 12.9. The van der Waals surface area contributed by atoms with Gasteiger partial charge in [0, 0.05) is 6.42 Å². The molecule has 0 unspecified atom stereocenters. The molecule has 0 radical (unpaired) electrons. The summed E-state index contributed by atoms with van der Waals surface area (Å²) in [6, 6.07) is 13.1. The van der Waals surface area contributed by atoms with Crippen molar-refractivity contribution in [2.45, 2.75) is 45.4 Å². The predicted molar refractivity (Wildman–Crippen MR) is 121 cm³/mol. The number of nitrogens with one attached hydrogen (secondary N) is 2. The number of aromatic carboxylic acids is 1. The Labute approximate surface area is 192 Å². The van der Waals surface area contributed by atoms with Crippen LogP contribution in [0.25, 0.3) is 0 Å². The van der Waals surface area contributed by atoms with E-state index < -0.39 is 36.0 Å². The minimum atomic E-state index is -1.07. The van der Waals surface area contributed by atoms with Crippen molar-refractivity contribution >= 4 is 23.9 Å². The Kier molecular flexibility index (Phi) is 9.41. The normalized spacial score (nSPS) is 12.5. The molecule has 0 bridgehead atoms. The summed E-state index contributed by atoms with van der Waals surface area (Å²) in [6.45, 7) is 3.85. The highest BCUT2D eigenvalue weighted by Gasteiger charge is 2.27. The first kappa shape index (κ1) is 25.4. The second kappa shape index (κ2) is 12.2. The van der Waals surface area contributed by atoms with Gasteiger partial charge in [0.2, 0.25) is 11.8 Å². The molecule has 0 saturated carbocycles. The molecule has 2 rings (SSSR count). The van der Waals surface area contributed by atoms with E-state index in [4.69, 9.17) is 15.6 Å². The van der Waals surface area contributed by atoms with Crippen molar-refractivity contribution in [1.29, 1.82) is 0 Å². The summed E-state index contributed by atoms with van der Waals surface area (Å²) in [6.07, 6.45) is -0.349. The highest BCUT2D eigenvalue weighted by atomic mass is 16.5. The molecule has 2 aromatic rings. The van der Waals surface area contributed by atoms with Crippen molar-refractivity contribution in [2.75, 3.05) is 0 Å². The first-order valence-electron chi connectivity index (χ1n) is 10.5. The summed E-state index contributed by atoms with van der Waals surface area (Å²) >= 11 is 0. The fraction of sp³-hybridized carbons (Fsp3) is 0.333. The molecule has 0 aromatic heterocycles. The number of carbonyl (C=O) groups is 4. The first-order valence-corrected chi connectivity index (χ1v) is 10.5. The fourth-order valence-corrected chi connectivity index (χ4v) is 3.12. The number of amides is 3. The molecule has 0 aliphatic carbocycles. The Morgan fingerprint density at radius 2 is 1.55 bits per heavy atom. The average Bonchev–Trinajstić information content (AvgIpc) is 2.77. The summed E-state index contributed by atoms with van der Waals surface area (Å²) in [5.74, 6) is -2.30. The van der Waals surface area contributed by atoms with Gasteiger partial charge in [-0.1, -0.05) is 56.3 Å². The van der Waals surface area contributed by atoms with E-state index in [0.717, 1.165) is 5.56 Å². The van der Waals surface area contributed by atoms with Crippen LogP contribution in [0, 0.1) is 5.92 Å². The topological polar surface area (TPSA) is 148 Å². The number of hydrogen-bond acceptors (Lipinski definition) is 5. The van der Waals surface area contributed by atoms with Crippen molar-refractivity contribution < 1.29 is 29.0 Å². The van der Waals surface area contributed by atoms with Gasteiger partial charge in [-0.05, 0) is 35.6 Å². The number of benzene rings is 2. The van der Waals surface area contributed by atoms with Crippen LogP contribution in [0.1, 0.15) is 41.8 Å².